The lowest BCUT2D eigenvalue weighted by molar-refractivity contribution is 0.291. The van der Waals surface area contributed by atoms with Gasteiger partial charge in [-0.2, -0.15) is 0 Å². The molecule has 0 bridgehead atoms. The summed E-state index contributed by atoms with van der Waals surface area (Å²) in [6.45, 7) is 3.90. The number of hydrazone groups is 1. The zero-order chi connectivity index (χ0) is 7.23. The second kappa shape index (κ2) is 4.14. The molecule has 1 aliphatic heterocycles. The fourth-order valence-electron chi connectivity index (χ4n) is 0.802. The summed E-state index contributed by atoms with van der Waals surface area (Å²) in [5.74, 6) is 0.869. The van der Waals surface area contributed by atoms with Gasteiger partial charge in [-0.3, -0.25) is 0 Å². The van der Waals surface area contributed by atoms with Crippen molar-refractivity contribution in [3.63, 3.8) is 0 Å². The van der Waals surface area contributed by atoms with Crippen molar-refractivity contribution in [1.82, 2.24) is 5.43 Å². The third-order valence-corrected chi connectivity index (χ3v) is 1.42. The first-order valence-corrected chi connectivity index (χ1v) is 3.85. The van der Waals surface area contributed by atoms with Crippen molar-refractivity contribution in [2.75, 3.05) is 13.2 Å². The Hall–Kier alpha value is -0.730. The molecule has 1 rings (SSSR count). The second-order valence-corrected chi connectivity index (χ2v) is 2.37. The lowest BCUT2D eigenvalue weighted by Gasteiger charge is -2.01. The summed E-state index contributed by atoms with van der Waals surface area (Å²) < 4.78 is 5.33. The quantitative estimate of drug-likeness (QED) is 0.599. The number of nitrogens with zero attached hydrogens (tertiary/aromatic N) is 1. The highest BCUT2D eigenvalue weighted by Crippen LogP contribution is 1.96. The Balaban J connectivity index is 2.01. The van der Waals surface area contributed by atoms with Crippen molar-refractivity contribution in [2.45, 2.75) is 26.2 Å². The summed E-state index contributed by atoms with van der Waals surface area (Å²) in [6, 6.07) is 0. The number of unbranched alkanes of at least 4 members (excludes halogenated alkanes) is 1. The summed E-state index contributed by atoms with van der Waals surface area (Å²) in [5.41, 5.74) is 2.86. The van der Waals surface area contributed by atoms with Gasteiger partial charge in [-0.25, -0.2) is 0 Å². The molecule has 0 radical (unpaired) electrons. The van der Waals surface area contributed by atoms with E-state index in [1.54, 1.807) is 0 Å². The van der Waals surface area contributed by atoms with Gasteiger partial charge in [0.1, 0.15) is 0 Å². The van der Waals surface area contributed by atoms with Gasteiger partial charge in [0, 0.05) is 13.0 Å². The number of hydrogen-bond acceptors (Lipinski definition) is 3. The largest absolute Gasteiger partial charge is 0.480 e. The molecule has 0 aromatic rings. The van der Waals surface area contributed by atoms with Crippen LogP contribution in [0.3, 0.4) is 0 Å². The molecule has 58 valence electrons. The lowest BCUT2D eigenvalue weighted by Crippen LogP contribution is -2.02. The zero-order valence-electron chi connectivity index (χ0n) is 6.39. The van der Waals surface area contributed by atoms with Crippen molar-refractivity contribution >= 4 is 5.90 Å². The average Bonchev–Trinajstić information content (AvgIpc) is 2.41. The fourth-order valence-corrected chi connectivity index (χ4v) is 0.802. The van der Waals surface area contributed by atoms with Crippen LogP contribution in [0, 0.1) is 0 Å². The maximum absolute atomic E-state index is 5.33. The first kappa shape index (κ1) is 7.38. The highest BCUT2D eigenvalue weighted by molar-refractivity contribution is 5.77. The SMILES string of the molecule is CCCCOC1=NNCC1. The Bertz CT molecular complexity index is 123. The monoisotopic (exact) mass is 142 g/mol. The van der Waals surface area contributed by atoms with Gasteiger partial charge in [0.2, 0.25) is 5.90 Å². The molecule has 0 fully saturated rings. The molecule has 0 saturated carbocycles. The van der Waals surface area contributed by atoms with Crippen molar-refractivity contribution in [3.8, 4) is 0 Å². The van der Waals surface area contributed by atoms with Crippen LogP contribution in [-0.2, 0) is 4.74 Å². The summed E-state index contributed by atoms with van der Waals surface area (Å²) in [4.78, 5) is 0. The molecule has 1 N–H and O–H groups in total. The Morgan fingerprint density at radius 1 is 1.70 bits per heavy atom. The van der Waals surface area contributed by atoms with E-state index in [1.807, 2.05) is 0 Å². The van der Waals surface area contributed by atoms with Crippen molar-refractivity contribution in [3.05, 3.63) is 0 Å². The van der Waals surface area contributed by atoms with Crippen LogP contribution in [0.25, 0.3) is 0 Å². The van der Waals surface area contributed by atoms with Gasteiger partial charge in [-0.1, -0.05) is 13.3 Å². The Kier molecular flexibility index (Phi) is 3.06. The molecule has 1 aliphatic rings. The summed E-state index contributed by atoms with van der Waals surface area (Å²) in [7, 11) is 0. The van der Waals surface area contributed by atoms with E-state index in [-0.39, 0.29) is 0 Å². The van der Waals surface area contributed by atoms with Crippen LogP contribution in [0.1, 0.15) is 26.2 Å². The van der Waals surface area contributed by atoms with Crippen LogP contribution < -0.4 is 5.43 Å². The maximum Gasteiger partial charge on any atom is 0.207 e. The first-order chi connectivity index (χ1) is 4.93. The number of hydrogen-bond donors (Lipinski definition) is 1. The zero-order valence-corrected chi connectivity index (χ0v) is 6.39. The van der Waals surface area contributed by atoms with E-state index >= 15 is 0 Å². The molecule has 0 aliphatic carbocycles. The molecular formula is C7H14N2O. The topological polar surface area (TPSA) is 33.6 Å². The van der Waals surface area contributed by atoms with Crippen LogP contribution in [-0.4, -0.2) is 19.0 Å². The molecule has 0 unspecified atom stereocenters. The predicted molar refractivity (Wildman–Crippen MR) is 40.9 cm³/mol. The van der Waals surface area contributed by atoms with Crippen LogP contribution in [0.5, 0.6) is 0 Å². The van der Waals surface area contributed by atoms with Gasteiger partial charge in [0.25, 0.3) is 0 Å². The van der Waals surface area contributed by atoms with E-state index in [9.17, 15) is 0 Å². The van der Waals surface area contributed by atoms with Gasteiger partial charge in [0.15, 0.2) is 0 Å². The van der Waals surface area contributed by atoms with E-state index in [4.69, 9.17) is 4.74 Å². The maximum atomic E-state index is 5.33. The van der Waals surface area contributed by atoms with Crippen molar-refractivity contribution in [2.24, 2.45) is 5.10 Å². The minimum absolute atomic E-state index is 0.816. The third kappa shape index (κ3) is 2.25. The molecule has 0 atom stereocenters. The standard InChI is InChI=1S/C7H14N2O/c1-2-3-6-10-7-4-5-8-9-7/h8H,2-6H2,1H3. The molecule has 3 nitrogen and oxygen atoms in total. The molecule has 0 aromatic carbocycles. The lowest BCUT2D eigenvalue weighted by atomic mass is 10.4. The molecular weight excluding hydrogens is 128 g/mol. The van der Waals surface area contributed by atoms with E-state index < -0.39 is 0 Å². The predicted octanol–water partition coefficient (Wildman–Crippen LogP) is 1.11. The van der Waals surface area contributed by atoms with Gasteiger partial charge in [-0.15, -0.1) is 5.10 Å². The van der Waals surface area contributed by atoms with Crippen LogP contribution in [0.4, 0.5) is 0 Å². The normalized spacial score (nSPS) is 16.3. The number of nitrogens with one attached hydrogen (secondary N) is 1. The summed E-state index contributed by atoms with van der Waals surface area (Å²) in [5, 5.41) is 3.95. The van der Waals surface area contributed by atoms with Gasteiger partial charge in [-0.05, 0) is 6.42 Å². The molecule has 10 heavy (non-hydrogen) atoms. The van der Waals surface area contributed by atoms with Crippen LogP contribution in [0.2, 0.25) is 0 Å². The molecule has 0 saturated heterocycles. The Morgan fingerprint density at radius 2 is 2.60 bits per heavy atom. The molecule has 3 heteroatoms. The van der Waals surface area contributed by atoms with Gasteiger partial charge < -0.3 is 10.2 Å². The minimum atomic E-state index is 0.816. The van der Waals surface area contributed by atoms with E-state index in [2.05, 4.69) is 17.5 Å². The molecule has 0 aromatic heterocycles. The molecule has 1 heterocycles. The van der Waals surface area contributed by atoms with E-state index in [1.165, 1.54) is 6.42 Å². The van der Waals surface area contributed by atoms with E-state index in [0.29, 0.717) is 0 Å². The average molecular weight is 142 g/mol. The molecule has 0 spiro atoms. The van der Waals surface area contributed by atoms with Crippen LogP contribution in [0.15, 0.2) is 5.10 Å². The smallest absolute Gasteiger partial charge is 0.207 e. The van der Waals surface area contributed by atoms with Crippen molar-refractivity contribution < 1.29 is 4.74 Å². The Morgan fingerprint density at radius 3 is 3.20 bits per heavy atom. The molecule has 0 amide bonds. The van der Waals surface area contributed by atoms with E-state index in [0.717, 1.165) is 31.9 Å². The summed E-state index contributed by atoms with van der Waals surface area (Å²) >= 11 is 0. The fraction of sp³-hybridized carbons (Fsp3) is 0.857. The van der Waals surface area contributed by atoms with Gasteiger partial charge in [0.05, 0.1) is 6.61 Å². The number of ether oxygens (including phenoxy) is 1. The van der Waals surface area contributed by atoms with Crippen molar-refractivity contribution in [1.29, 1.82) is 0 Å². The highest BCUT2D eigenvalue weighted by Gasteiger charge is 2.04. The third-order valence-electron chi connectivity index (χ3n) is 1.42. The minimum Gasteiger partial charge on any atom is -0.480 e. The summed E-state index contributed by atoms with van der Waals surface area (Å²) in [6.07, 6.45) is 3.25. The second-order valence-electron chi connectivity index (χ2n) is 2.37. The van der Waals surface area contributed by atoms with Crippen LogP contribution >= 0.6 is 0 Å². The van der Waals surface area contributed by atoms with Gasteiger partial charge >= 0.3 is 0 Å². The first-order valence-electron chi connectivity index (χ1n) is 3.85. The number of rotatable bonds is 3. The Labute approximate surface area is 61.5 Å². The highest BCUT2D eigenvalue weighted by atomic mass is 16.5.